The number of benzene rings is 1. The number of ether oxygens (including phenoxy) is 1. The summed E-state index contributed by atoms with van der Waals surface area (Å²) in [5, 5.41) is 4.05. The van der Waals surface area contributed by atoms with Crippen LogP contribution < -0.4 is 4.74 Å². The van der Waals surface area contributed by atoms with Crippen LogP contribution >= 0.6 is 11.5 Å². The molecule has 142 valence electrons. The fraction of sp³-hybridized carbons (Fsp3) is 0.550. The first-order valence-corrected chi connectivity index (χ1v) is 10.4. The normalized spacial score (nSPS) is 31.8. The van der Waals surface area contributed by atoms with E-state index in [-0.39, 0.29) is 5.91 Å². The lowest BCUT2D eigenvalue weighted by Gasteiger charge is -2.51. The van der Waals surface area contributed by atoms with E-state index < -0.39 is 0 Å². The van der Waals surface area contributed by atoms with Gasteiger partial charge in [-0.1, -0.05) is 16.6 Å². The van der Waals surface area contributed by atoms with Gasteiger partial charge in [-0.3, -0.25) is 9.69 Å². The summed E-state index contributed by atoms with van der Waals surface area (Å²) in [5.74, 6) is 1.93. The summed E-state index contributed by atoms with van der Waals surface area (Å²) < 4.78 is 9.30. The van der Waals surface area contributed by atoms with Crippen molar-refractivity contribution in [2.45, 2.75) is 37.8 Å². The monoisotopic (exact) mass is 384 g/mol. The molecule has 4 fully saturated rings. The third kappa shape index (κ3) is 2.67. The molecule has 0 unspecified atom stereocenters. The van der Waals surface area contributed by atoms with Crippen LogP contribution in [-0.4, -0.2) is 64.1 Å². The Bertz CT molecular complexity index is 844. The summed E-state index contributed by atoms with van der Waals surface area (Å²) in [7, 11) is 1.69. The number of fused-ring (bicyclic) bond motifs is 2. The van der Waals surface area contributed by atoms with Crippen molar-refractivity contribution in [3.05, 3.63) is 40.4 Å². The summed E-state index contributed by atoms with van der Waals surface area (Å²) in [4.78, 5) is 18.8. The molecular weight excluding hydrogens is 360 g/mol. The first kappa shape index (κ1) is 17.1. The average molecular weight is 385 g/mol. The molecule has 0 N–H and O–H groups in total. The van der Waals surface area contributed by atoms with Crippen molar-refractivity contribution in [3.8, 4) is 5.75 Å². The highest BCUT2D eigenvalue weighted by Crippen LogP contribution is 2.47. The summed E-state index contributed by atoms with van der Waals surface area (Å²) in [5.41, 5.74) is 2.04. The Morgan fingerprint density at radius 2 is 1.93 bits per heavy atom. The molecule has 6 rings (SSSR count). The molecule has 1 aromatic heterocycles. The molecule has 1 aromatic carbocycles. The van der Waals surface area contributed by atoms with Crippen molar-refractivity contribution in [2.24, 2.45) is 5.92 Å². The SMILES string of the molecule is COc1ccc([C@@H]2CN(C(=O)c3snnc3C)[C@@H]3C4CCN(CC4)[C@@H]32)cc1. The predicted octanol–water partition coefficient (Wildman–Crippen LogP) is 2.56. The quantitative estimate of drug-likeness (QED) is 0.814. The van der Waals surface area contributed by atoms with Crippen LogP contribution in [0.5, 0.6) is 5.75 Å². The first-order valence-electron chi connectivity index (χ1n) is 9.65. The van der Waals surface area contributed by atoms with Gasteiger partial charge in [0.25, 0.3) is 5.91 Å². The van der Waals surface area contributed by atoms with Crippen LogP contribution in [0.3, 0.4) is 0 Å². The van der Waals surface area contributed by atoms with Crippen molar-refractivity contribution in [1.82, 2.24) is 19.4 Å². The molecule has 4 aliphatic heterocycles. The van der Waals surface area contributed by atoms with Crippen LogP contribution in [0.1, 0.15) is 39.7 Å². The molecular formula is C20H24N4O2S. The van der Waals surface area contributed by atoms with E-state index >= 15 is 0 Å². The minimum Gasteiger partial charge on any atom is -0.497 e. The first-order chi connectivity index (χ1) is 13.2. The Morgan fingerprint density at radius 3 is 2.56 bits per heavy atom. The second-order valence-corrected chi connectivity index (χ2v) is 8.63. The van der Waals surface area contributed by atoms with Crippen molar-refractivity contribution in [3.63, 3.8) is 0 Å². The number of amides is 1. The van der Waals surface area contributed by atoms with E-state index in [2.05, 4.69) is 31.5 Å². The molecule has 1 amide bonds. The molecule has 2 bridgehead atoms. The summed E-state index contributed by atoms with van der Waals surface area (Å²) in [6.45, 7) is 4.95. The van der Waals surface area contributed by atoms with Gasteiger partial charge >= 0.3 is 0 Å². The molecule has 2 aromatic rings. The number of rotatable bonds is 3. The van der Waals surface area contributed by atoms with Gasteiger partial charge in [-0.2, -0.15) is 0 Å². The van der Waals surface area contributed by atoms with Gasteiger partial charge in [0, 0.05) is 18.5 Å². The number of carbonyl (C=O) groups is 1. The van der Waals surface area contributed by atoms with Crippen molar-refractivity contribution >= 4 is 17.4 Å². The van der Waals surface area contributed by atoms with Crippen LogP contribution in [0.25, 0.3) is 0 Å². The zero-order valence-electron chi connectivity index (χ0n) is 15.7. The third-order valence-electron chi connectivity index (χ3n) is 6.64. The molecule has 4 saturated heterocycles. The minimum absolute atomic E-state index is 0.113. The number of methoxy groups -OCH3 is 1. The molecule has 0 aliphatic carbocycles. The van der Waals surface area contributed by atoms with Gasteiger partial charge in [0.05, 0.1) is 18.8 Å². The number of piperidine rings is 3. The number of likely N-dealkylation sites (tertiary alicyclic amines) is 1. The fourth-order valence-electron chi connectivity index (χ4n) is 5.36. The molecule has 27 heavy (non-hydrogen) atoms. The highest BCUT2D eigenvalue weighted by atomic mass is 32.1. The Morgan fingerprint density at radius 1 is 1.19 bits per heavy atom. The largest absolute Gasteiger partial charge is 0.497 e. The molecule has 0 radical (unpaired) electrons. The van der Waals surface area contributed by atoms with Crippen molar-refractivity contribution in [2.75, 3.05) is 26.7 Å². The zero-order chi connectivity index (χ0) is 18.5. The van der Waals surface area contributed by atoms with Gasteiger partial charge in [-0.25, -0.2) is 0 Å². The van der Waals surface area contributed by atoms with Gasteiger partial charge in [0.1, 0.15) is 10.6 Å². The van der Waals surface area contributed by atoms with Gasteiger partial charge in [-0.05, 0) is 68.0 Å². The Balaban J connectivity index is 1.51. The Labute approximate surface area is 163 Å². The molecule has 4 aliphatic rings. The summed E-state index contributed by atoms with van der Waals surface area (Å²) in [6.07, 6.45) is 2.39. The maximum absolute atomic E-state index is 13.4. The smallest absolute Gasteiger partial charge is 0.267 e. The van der Waals surface area contributed by atoms with Crippen LogP contribution in [0.2, 0.25) is 0 Å². The maximum Gasteiger partial charge on any atom is 0.267 e. The molecule has 5 heterocycles. The average Bonchev–Trinajstić information content (AvgIpc) is 3.34. The maximum atomic E-state index is 13.4. The van der Waals surface area contributed by atoms with Crippen LogP contribution in [0.15, 0.2) is 24.3 Å². The lowest BCUT2D eigenvalue weighted by atomic mass is 9.75. The second-order valence-electron chi connectivity index (χ2n) is 7.88. The predicted molar refractivity (Wildman–Crippen MR) is 103 cm³/mol. The van der Waals surface area contributed by atoms with E-state index in [1.807, 2.05) is 19.1 Å². The molecule has 3 atom stereocenters. The molecule has 0 spiro atoms. The number of hydrogen-bond donors (Lipinski definition) is 0. The van der Waals surface area contributed by atoms with E-state index in [4.69, 9.17) is 4.74 Å². The summed E-state index contributed by atoms with van der Waals surface area (Å²) >= 11 is 1.22. The number of hydrogen-bond acceptors (Lipinski definition) is 6. The van der Waals surface area contributed by atoms with E-state index in [1.165, 1.54) is 29.9 Å². The number of aromatic nitrogens is 2. The standard InChI is InChI=1S/C20H24N4O2S/c1-12-19(27-22-21-12)20(25)24-11-16(13-3-5-15(26-2)6-4-13)18-17(24)14-7-9-23(18)10-8-14/h3-6,14,16-18H,7-11H2,1-2H3/t16-,17+,18+/m0/s1. The van der Waals surface area contributed by atoms with E-state index in [9.17, 15) is 4.79 Å². The van der Waals surface area contributed by atoms with E-state index in [0.29, 0.717) is 28.8 Å². The number of carbonyl (C=O) groups excluding carboxylic acids is 1. The van der Waals surface area contributed by atoms with Gasteiger partial charge < -0.3 is 9.64 Å². The molecule has 6 nitrogen and oxygen atoms in total. The van der Waals surface area contributed by atoms with Crippen LogP contribution in [-0.2, 0) is 0 Å². The fourth-order valence-corrected chi connectivity index (χ4v) is 5.97. The minimum atomic E-state index is 0.113. The number of aryl methyl sites for hydroxylation is 1. The lowest BCUT2D eigenvalue weighted by Crippen LogP contribution is -2.60. The highest BCUT2D eigenvalue weighted by molar-refractivity contribution is 7.07. The Kier molecular flexibility index (Phi) is 4.16. The van der Waals surface area contributed by atoms with Gasteiger partial charge in [0.2, 0.25) is 0 Å². The van der Waals surface area contributed by atoms with Crippen molar-refractivity contribution in [1.29, 1.82) is 0 Å². The number of nitrogens with zero attached hydrogens (tertiary/aromatic N) is 4. The second kappa shape index (κ2) is 6.56. The molecule has 7 heteroatoms. The van der Waals surface area contributed by atoms with Gasteiger partial charge in [-0.15, -0.1) is 5.10 Å². The lowest BCUT2D eigenvalue weighted by molar-refractivity contribution is -0.00328. The zero-order valence-corrected chi connectivity index (χ0v) is 16.5. The van der Waals surface area contributed by atoms with Crippen molar-refractivity contribution < 1.29 is 9.53 Å². The topological polar surface area (TPSA) is 58.6 Å². The summed E-state index contributed by atoms with van der Waals surface area (Å²) in [6, 6.07) is 9.10. The van der Waals surface area contributed by atoms with Crippen LogP contribution in [0.4, 0.5) is 0 Å². The molecule has 0 saturated carbocycles. The van der Waals surface area contributed by atoms with E-state index in [0.717, 1.165) is 31.1 Å². The third-order valence-corrected chi connectivity index (χ3v) is 7.46. The highest BCUT2D eigenvalue weighted by Gasteiger charge is 2.54. The Hall–Kier alpha value is -1.99. The van der Waals surface area contributed by atoms with Gasteiger partial charge in [0.15, 0.2) is 0 Å². The van der Waals surface area contributed by atoms with E-state index in [1.54, 1.807) is 7.11 Å². The van der Waals surface area contributed by atoms with Crippen LogP contribution in [0, 0.1) is 12.8 Å².